The van der Waals surface area contributed by atoms with Crippen LogP contribution in [0.25, 0.3) is 10.9 Å². The second-order valence-electron chi connectivity index (χ2n) is 8.99. The van der Waals surface area contributed by atoms with E-state index in [9.17, 15) is 18.7 Å². The van der Waals surface area contributed by atoms with Gasteiger partial charge in [0, 0.05) is 41.4 Å². The van der Waals surface area contributed by atoms with Gasteiger partial charge in [-0.1, -0.05) is 0 Å². The summed E-state index contributed by atoms with van der Waals surface area (Å²) in [6.45, 7) is 2.03. The number of carboxylic acids is 1. The molecule has 0 bridgehead atoms. The number of methoxy groups -OCH3 is 1. The van der Waals surface area contributed by atoms with Crippen LogP contribution in [0.2, 0.25) is 0 Å². The zero-order valence-corrected chi connectivity index (χ0v) is 20.6. The number of benzene rings is 2. The van der Waals surface area contributed by atoms with E-state index in [1.807, 2.05) is 30.5 Å². The van der Waals surface area contributed by atoms with Crippen LogP contribution >= 0.6 is 11.8 Å². The molecule has 4 rings (SSSR count). The van der Waals surface area contributed by atoms with E-state index in [0.717, 1.165) is 54.9 Å². The number of pyridine rings is 1. The molecule has 1 aromatic heterocycles. The lowest BCUT2D eigenvalue weighted by Crippen LogP contribution is -2.44. The van der Waals surface area contributed by atoms with Crippen molar-refractivity contribution in [1.29, 1.82) is 0 Å². The smallest absolute Gasteiger partial charge is 0.308 e. The topological polar surface area (TPSA) is 62.7 Å². The van der Waals surface area contributed by atoms with Gasteiger partial charge in [0.05, 0.1) is 18.5 Å². The molecular weight excluding hydrogens is 470 g/mol. The molecule has 0 radical (unpaired) electrons. The van der Waals surface area contributed by atoms with Crippen LogP contribution in [0.4, 0.5) is 8.78 Å². The number of aliphatic carboxylic acids is 1. The molecule has 0 aliphatic carbocycles. The summed E-state index contributed by atoms with van der Waals surface area (Å²) in [5, 5.41) is 10.9. The van der Waals surface area contributed by atoms with Gasteiger partial charge >= 0.3 is 5.97 Å². The van der Waals surface area contributed by atoms with E-state index in [1.165, 1.54) is 29.5 Å². The molecule has 2 aromatic carbocycles. The van der Waals surface area contributed by atoms with Gasteiger partial charge in [-0.2, -0.15) is 0 Å². The van der Waals surface area contributed by atoms with Gasteiger partial charge < -0.3 is 14.7 Å². The van der Waals surface area contributed by atoms with Gasteiger partial charge in [0.15, 0.2) is 0 Å². The summed E-state index contributed by atoms with van der Waals surface area (Å²) in [6, 6.07) is 11.4. The highest BCUT2D eigenvalue weighted by atomic mass is 32.2. The zero-order chi connectivity index (χ0) is 24.8. The van der Waals surface area contributed by atoms with E-state index < -0.39 is 23.5 Å². The standard InChI is InChI=1S/C27H30F2N2O3S/c1-34-22-5-6-26-24(16-22)18(7-9-30-26)3-2-4-19-8-10-31(17-25(19)27(32)33)11-12-35-23-14-20(28)13-21(29)15-23/h5-7,9,13-16,19,25H,2-4,8,10-12,17H2,1H3,(H,32,33)/t19-,25+/m1/s1. The molecule has 2 heterocycles. The predicted molar refractivity (Wildman–Crippen MR) is 134 cm³/mol. The first-order valence-corrected chi connectivity index (χ1v) is 12.9. The number of rotatable bonds is 10. The molecule has 186 valence electrons. The van der Waals surface area contributed by atoms with Crippen molar-refractivity contribution in [3.05, 3.63) is 65.9 Å². The lowest BCUT2D eigenvalue weighted by Gasteiger charge is -2.36. The first kappa shape index (κ1) is 25.4. The van der Waals surface area contributed by atoms with Crippen LogP contribution in [0.3, 0.4) is 0 Å². The second-order valence-corrected chi connectivity index (χ2v) is 10.2. The summed E-state index contributed by atoms with van der Waals surface area (Å²) in [5.41, 5.74) is 2.13. The summed E-state index contributed by atoms with van der Waals surface area (Å²) < 4.78 is 32.1. The van der Waals surface area contributed by atoms with Crippen molar-refractivity contribution in [3.63, 3.8) is 0 Å². The average Bonchev–Trinajstić information content (AvgIpc) is 2.84. The Hall–Kier alpha value is -2.71. The number of thioether (sulfide) groups is 1. The normalized spacial score (nSPS) is 18.6. The summed E-state index contributed by atoms with van der Waals surface area (Å²) in [6.07, 6.45) is 5.28. The van der Waals surface area contributed by atoms with Crippen molar-refractivity contribution in [2.24, 2.45) is 11.8 Å². The Balaban J connectivity index is 1.29. The number of hydrogen-bond donors (Lipinski definition) is 1. The Labute approximate surface area is 208 Å². The number of fused-ring (bicyclic) bond motifs is 1. The van der Waals surface area contributed by atoms with Crippen molar-refractivity contribution in [2.45, 2.75) is 30.6 Å². The maximum atomic E-state index is 13.4. The maximum Gasteiger partial charge on any atom is 0.308 e. The van der Waals surface area contributed by atoms with Gasteiger partial charge in [-0.15, -0.1) is 11.8 Å². The molecule has 1 aliphatic heterocycles. The fourth-order valence-corrected chi connectivity index (χ4v) is 5.86. The molecule has 0 saturated carbocycles. The largest absolute Gasteiger partial charge is 0.497 e. The van der Waals surface area contributed by atoms with E-state index in [2.05, 4.69) is 9.88 Å². The van der Waals surface area contributed by atoms with Gasteiger partial charge in [0.25, 0.3) is 0 Å². The molecule has 35 heavy (non-hydrogen) atoms. The lowest BCUT2D eigenvalue weighted by atomic mass is 9.81. The maximum absolute atomic E-state index is 13.4. The van der Waals surface area contributed by atoms with E-state index in [0.29, 0.717) is 23.7 Å². The molecule has 0 amide bonds. The summed E-state index contributed by atoms with van der Waals surface area (Å²) in [4.78, 5) is 19.2. The minimum atomic E-state index is -0.751. The van der Waals surface area contributed by atoms with Gasteiger partial charge in [0.1, 0.15) is 17.4 Å². The highest BCUT2D eigenvalue weighted by Gasteiger charge is 2.33. The fourth-order valence-electron chi connectivity index (χ4n) is 4.88. The van der Waals surface area contributed by atoms with E-state index in [4.69, 9.17) is 4.74 Å². The van der Waals surface area contributed by atoms with Crippen molar-refractivity contribution >= 4 is 28.6 Å². The molecule has 5 nitrogen and oxygen atoms in total. The van der Waals surface area contributed by atoms with Crippen LogP contribution in [0.5, 0.6) is 5.75 Å². The van der Waals surface area contributed by atoms with E-state index >= 15 is 0 Å². The molecular formula is C27H30F2N2O3S. The Morgan fingerprint density at radius 2 is 2.00 bits per heavy atom. The molecule has 1 N–H and O–H groups in total. The zero-order valence-electron chi connectivity index (χ0n) is 19.8. The SMILES string of the molecule is COc1ccc2nccc(CCC[C@@H]3CCN(CCSc4cc(F)cc(F)c4)C[C@@H]3C(=O)O)c2c1. The van der Waals surface area contributed by atoms with Crippen molar-refractivity contribution in [1.82, 2.24) is 9.88 Å². The van der Waals surface area contributed by atoms with Crippen LogP contribution in [0.1, 0.15) is 24.8 Å². The third-order valence-corrected chi connectivity index (χ3v) is 7.69. The fraction of sp³-hybridized carbons (Fsp3) is 0.407. The van der Waals surface area contributed by atoms with Crippen LogP contribution in [0, 0.1) is 23.5 Å². The Kier molecular flexibility index (Phi) is 8.57. The summed E-state index contributed by atoms with van der Waals surface area (Å²) in [7, 11) is 1.65. The van der Waals surface area contributed by atoms with Crippen molar-refractivity contribution in [3.8, 4) is 5.75 Å². The number of carboxylic acid groups (broad SMARTS) is 1. The Morgan fingerprint density at radius 1 is 1.20 bits per heavy atom. The molecule has 3 aromatic rings. The van der Waals surface area contributed by atoms with Crippen LogP contribution in [0.15, 0.2) is 53.6 Å². The number of piperidine rings is 1. The van der Waals surface area contributed by atoms with Gasteiger partial charge in [0.2, 0.25) is 0 Å². The number of aromatic nitrogens is 1. The first-order chi connectivity index (χ1) is 16.9. The summed E-state index contributed by atoms with van der Waals surface area (Å²) >= 11 is 1.38. The van der Waals surface area contributed by atoms with Crippen LogP contribution < -0.4 is 4.74 Å². The Bertz CT molecular complexity index is 1160. The van der Waals surface area contributed by atoms with E-state index in [-0.39, 0.29) is 5.92 Å². The molecule has 2 atom stereocenters. The molecule has 1 saturated heterocycles. The second kappa shape index (κ2) is 11.8. The summed E-state index contributed by atoms with van der Waals surface area (Å²) in [5.74, 6) is -0.745. The van der Waals surface area contributed by atoms with Gasteiger partial charge in [-0.3, -0.25) is 9.78 Å². The highest BCUT2D eigenvalue weighted by Crippen LogP contribution is 2.30. The monoisotopic (exact) mass is 500 g/mol. The van der Waals surface area contributed by atoms with Gasteiger partial charge in [-0.05, 0) is 80.1 Å². The molecule has 0 unspecified atom stereocenters. The van der Waals surface area contributed by atoms with Crippen LogP contribution in [-0.4, -0.2) is 53.5 Å². The molecule has 8 heteroatoms. The number of likely N-dealkylation sites (tertiary alicyclic amines) is 1. The molecule has 1 aliphatic rings. The number of nitrogens with zero attached hydrogens (tertiary/aromatic N) is 2. The molecule has 0 spiro atoms. The third-order valence-electron chi connectivity index (χ3n) is 6.73. The Morgan fingerprint density at radius 3 is 2.74 bits per heavy atom. The van der Waals surface area contributed by atoms with Crippen molar-refractivity contribution < 1.29 is 23.4 Å². The lowest BCUT2D eigenvalue weighted by molar-refractivity contribution is -0.146. The average molecular weight is 501 g/mol. The number of carbonyl (C=O) groups is 1. The predicted octanol–water partition coefficient (Wildman–Crippen LogP) is 5.66. The van der Waals surface area contributed by atoms with Crippen LogP contribution in [-0.2, 0) is 11.2 Å². The number of halogens is 2. The van der Waals surface area contributed by atoms with Gasteiger partial charge in [-0.25, -0.2) is 8.78 Å². The number of hydrogen-bond acceptors (Lipinski definition) is 5. The highest BCUT2D eigenvalue weighted by molar-refractivity contribution is 7.99. The minimum absolute atomic E-state index is 0.136. The van der Waals surface area contributed by atoms with E-state index in [1.54, 1.807) is 7.11 Å². The third kappa shape index (κ3) is 6.70. The van der Waals surface area contributed by atoms with Crippen molar-refractivity contribution in [2.75, 3.05) is 32.5 Å². The molecule has 1 fully saturated rings. The number of aryl methyl sites for hydroxylation is 1. The quantitative estimate of drug-likeness (QED) is 0.363. The first-order valence-electron chi connectivity index (χ1n) is 11.9. The number of ether oxygens (including phenoxy) is 1. The minimum Gasteiger partial charge on any atom is -0.497 e.